The predicted octanol–water partition coefficient (Wildman–Crippen LogP) is 2.49. The molecule has 0 fully saturated rings. The summed E-state index contributed by atoms with van der Waals surface area (Å²) in [5.74, 6) is -0.703. The fourth-order valence-electron chi connectivity index (χ4n) is 2.02. The summed E-state index contributed by atoms with van der Waals surface area (Å²) in [6, 6.07) is 5.12. The number of carbonyl (C=O) groups excluding carboxylic acids is 3. The van der Waals surface area contributed by atoms with Crippen molar-refractivity contribution in [3.63, 3.8) is 0 Å². The standard InChI is InChI=1S/C15H16N2O4S/c1-10-8-12(15(20)21-2)14(22-10)16-13(19)5-7-17-6-3-4-11(17)9-18/h3-4,6,8-9H,5,7H2,1-2H3,(H,16,19). The van der Waals surface area contributed by atoms with Crippen LogP contribution in [0.4, 0.5) is 5.00 Å². The monoisotopic (exact) mass is 320 g/mol. The highest BCUT2D eigenvalue weighted by atomic mass is 32.1. The maximum absolute atomic E-state index is 12.0. The number of nitrogens with zero attached hydrogens (tertiary/aromatic N) is 1. The maximum Gasteiger partial charge on any atom is 0.340 e. The van der Waals surface area contributed by atoms with Crippen LogP contribution in [0, 0.1) is 6.92 Å². The minimum absolute atomic E-state index is 0.201. The zero-order valence-corrected chi connectivity index (χ0v) is 13.1. The predicted molar refractivity (Wildman–Crippen MR) is 83.5 cm³/mol. The van der Waals surface area contributed by atoms with Gasteiger partial charge in [-0.25, -0.2) is 4.79 Å². The Morgan fingerprint density at radius 3 is 2.91 bits per heavy atom. The topological polar surface area (TPSA) is 77.4 Å². The van der Waals surface area contributed by atoms with Crippen LogP contribution in [-0.2, 0) is 16.1 Å². The molecule has 0 saturated heterocycles. The molecule has 1 N–H and O–H groups in total. The maximum atomic E-state index is 12.0. The first-order valence-corrected chi connectivity index (χ1v) is 7.45. The van der Waals surface area contributed by atoms with Gasteiger partial charge in [-0.05, 0) is 25.1 Å². The number of ether oxygens (including phenoxy) is 1. The highest BCUT2D eigenvalue weighted by Crippen LogP contribution is 2.28. The van der Waals surface area contributed by atoms with Gasteiger partial charge in [0.25, 0.3) is 0 Å². The van der Waals surface area contributed by atoms with Crippen molar-refractivity contribution in [3.05, 3.63) is 40.5 Å². The smallest absolute Gasteiger partial charge is 0.340 e. The molecule has 0 radical (unpaired) electrons. The fraction of sp³-hybridized carbons (Fsp3) is 0.267. The van der Waals surface area contributed by atoms with Crippen LogP contribution in [-0.4, -0.2) is 29.8 Å². The number of rotatable bonds is 6. The van der Waals surface area contributed by atoms with Crippen LogP contribution in [0.5, 0.6) is 0 Å². The van der Waals surface area contributed by atoms with Crippen molar-refractivity contribution >= 4 is 34.5 Å². The third-order valence-corrected chi connectivity index (χ3v) is 4.04. The third kappa shape index (κ3) is 3.62. The Kier molecular flexibility index (Phi) is 5.11. The highest BCUT2D eigenvalue weighted by molar-refractivity contribution is 7.16. The number of aromatic nitrogens is 1. The summed E-state index contributed by atoms with van der Waals surface area (Å²) in [6.07, 6.45) is 2.69. The van der Waals surface area contributed by atoms with Gasteiger partial charge in [-0.1, -0.05) is 0 Å². The van der Waals surface area contributed by atoms with Crippen molar-refractivity contribution in [1.82, 2.24) is 4.57 Å². The van der Waals surface area contributed by atoms with E-state index in [2.05, 4.69) is 5.32 Å². The average molecular weight is 320 g/mol. The normalized spacial score (nSPS) is 10.3. The minimum atomic E-state index is -0.478. The van der Waals surface area contributed by atoms with Gasteiger partial charge in [0.1, 0.15) is 5.00 Å². The third-order valence-electron chi connectivity index (χ3n) is 3.08. The summed E-state index contributed by atoms with van der Waals surface area (Å²) < 4.78 is 6.40. The molecule has 0 saturated carbocycles. The molecule has 0 spiro atoms. The summed E-state index contributed by atoms with van der Waals surface area (Å²) in [5.41, 5.74) is 0.878. The van der Waals surface area contributed by atoms with Crippen LogP contribution in [0.2, 0.25) is 0 Å². The summed E-state index contributed by atoms with van der Waals surface area (Å²) in [4.78, 5) is 35.4. The summed E-state index contributed by atoms with van der Waals surface area (Å²) in [7, 11) is 1.30. The number of amides is 1. The molecule has 0 aliphatic rings. The number of anilines is 1. The molecular weight excluding hydrogens is 304 g/mol. The second-order valence-electron chi connectivity index (χ2n) is 4.63. The first-order valence-electron chi connectivity index (χ1n) is 6.64. The van der Waals surface area contributed by atoms with Gasteiger partial charge in [-0.15, -0.1) is 11.3 Å². The molecule has 0 unspecified atom stereocenters. The van der Waals surface area contributed by atoms with E-state index in [0.717, 1.165) is 11.2 Å². The Morgan fingerprint density at radius 1 is 1.45 bits per heavy atom. The molecule has 1 amide bonds. The molecule has 0 aliphatic carbocycles. The lowest BCUT2D eigenvalue weighted by atomic mass is 10.3. The lowest BCUT2D eigenvalue weighted by Gasteiger charge is -2.07. The van der Waals surface area contributed by atoms with E-state index in [1.54, 1.807) is 29.0 Å². The Hall–Kier alpha value is -2.41. The first-order chi connectivity index (χ1) is 10.5. The van der Waals surface area contributed by atoms with Crippen molar-refractivity contribution in [2.24, 2.45) is 0 Å². The minimum Gasteiger partial charge on any atom is -0.465 e. The lowest BCUT2D eigenvalue weighted by Crippen LogP contribution is -2.16. The molecule has 2 rings (SSSR count). The molecule has 6 nitrogen and oxygen atoms in total. The zero-order chi connectivity index (χ0) is 16.1. The van der Waals surface area contributed by atoms with Crippen LogP contribution in [0.1, 0.15) is 32.1 Å². The number of methoxy groups -OCH3 is 1. The quantitative estimate of drug-likeness (QED) is 0.655. The molecular formula is C15H16N2O4S. The summed E-state index contributed by atoms with van der Waals surface area (Å²) in [5, 5.41) is 3.21. The van der Waals surface area contributed by atoms with Gasteiger partial charge in [0.2, 0.25) is 5.91 Å². The second kappa shape index (κ2) is 7.04. The van der Waals surface area contributed by atoms with E-state index in [4.69, 9.17) is 4.74 Å². The molecule has 2 aromatic heterocycles. The van der Waals surface area contributed by atoms with Crippen LogP contribution < -0.4 is 5.32 Å². The van der Waals surface area contributed by atoms with Crippen molar-refractivity contribution in [3.8, 4) is 0 Å². The number of aryl methyl sites for hydroxylation is 2. The van der Waals surface area contributed by atoms with Gasteiger partial charge in [-0.3, -0.25) is 9.59 Å². The number of nitrogens with one attached hydrogen (secondary N) is 1. The Labute approximate surface area is 131 Å². The molecule has 7 heteroatoms. The van der Waals surface area contributed by atoms with E-state index in [-0.39, 0.29) is 12.3 Å². The Morgan fingerprint density at radius 2 is 2.23 bits per heavy atom. The molecule has 2 aromatic rings. The number of carbonyl (C=O) groups is 3. The number of thiophene rings is 1. The van der Waals surface area contributed by atoms with Crippen molar-refractivity contribution in [2.75, 3.05) is 12.4 Å². The SMILES string of the molecule is COC(=O)c1cc(C)sc1NC(=O)CCn1cccc1C=O. The number of hydrogen-bond acceptors (Lipinski definition) is 5. The fourth-order valence-corrected chi connectivity index (χ4v) is 2.93. The second-order valence-corrected chi connectivity index (χ2v) is 5.89. The van der Waals surface area contributed by atoms with E-state index in [9.17, 15) is 14.4 Å². The van der Waals surface area contributed by atoms with Gasteiger partial charge >= 0.3 is 5.97 Å². The first kappa shape index (κ1) is 16.0. The number of aldehydes is 1. The van der Waals surface area contributed by atoms with E-state index < -0.39 is 5.97 Å². The van der Waals surface area contributed by atoms with Gasteiger partial charge < -0.3 is 14.6 Å². The highest BCUT2D eigenvalue weighted by Gasteiger charge is 2.17. The van der Waals surface area contributed by atoms with Gasteiger partial charge in [0.05, 0.1) is 18.4 Å². The number of esters is 1. The largest absolute Gasteiger partial charge is 0.465 e. The molecule has 0 aliphatic heterocycles. The van der Waals surface area contributed by atoms with E-state index in [0.29, 0.717) is 22.8 Å². The molecule has 116 valence electrons. The van der Waals surface area contributed by atoms with Crippen molar-refractivity contribution in [1.29, 1.82) is 0 Å². The van der Waals surface area contributed by atoms with Gasteiger partial charge in [0.15, 0.2) is 6.29 Å². The van der Waals surface area contributed by atoms with Crippen molar-refractivity contribution in [2.45, 2.75) is 19.9 Å². The lowest BCUT2D eigenvalue weighted by molar-refractivity contribution is -0.116. The van der Waals surface area contributed by atoms with Crippen LogP contribution in [0.15, 0.2) is 24.4 Å². The zero-order valence-electron chi connectivity index (χ0n) is 12.3. The van der Waals surface area contributed by atoms with Crippen LogP contribution in [0.3, 0.4) is 0 Å². The molecule has 22 heavy (non-hydrogen) atoms. The van der Waals surface area contributed by atoms with E-state index >= 15 is 0 Å². The van der Waals surface area contributed by atoms with E-state index in [1.165, 1.54) is 18.4 Å². The van der Waals surface area contributed by atoms with Crippen LogP contribution in [0.25, 0.3) is 0 Å². The summed E-state index contributed by atoms with van der Waals surface area (Å²) in [6.45, 7) is 2.24. The number of hydrogen-bond donors (Lipinski definition) is 1. The van der Waals surface area contributed by atoms with Gasteiger partial charge in [-0.2, -0.15) is 0 Å². The van der Waals surface area contributed by atoms with Crippen molar-refractivity contribution < 1.29 is 19.1 Å². The molecule has 0 atom stereocenters. The van der Waals surface area contributed by atoms with E-state index in [1.807, 2.05) is 6.92 Å². The Bertz CT molecular complexity index is 702. The summed E-state index contributed by atoms with van der Waals surface area (Å²) >= 11 is 1.32. The van der Waals surface area contributed by atoms with Crippen LogP contribution >= 0.6 is 11.3 Å². The molecule has 0 bridgehead atoms. The average Bonchev–Trinajstić information content (AvgIpc) is 3.10. The molecule has 0 aromatic carbocycles. The van der Waals surface area contributed by atoms with Gasteiger partial charge in [0, 0.05) is 24.0 Å². The Balaban J connectivity index is 2.00. The molecule has 2 heterocycles.